The Kier molecular flexibility index (Phi) is 8.74. The molecule has 1 aromatic heterocycles. The Labute approximate surface area is 156 Å². The summed E-state index contributed by atoms with van der Waals surface area (Å²) in [6.45, 7) is 5.75. The second kappa shape index (κ2) is 10.5. The number of pyridine rings is 1. The number of amides is 1. The zero-order valence-corrected chi connectivity index (χ0v) is 15.5. The third-order valence-corrected chi connectivity index (χ3v) is 3.53. The SMILES string of the molecule is CC(NC(=O)c1ccncc1)c1cccc(OC(F)(F)F)c1.CCC(C)N. The van der Waals surface area contributed by atoms with Gasteiger partial charge in [-0.3, -0.25) is 9.78 Å². The predicted octanol–water partition coefficient (Wildman–Crippen LogP) is 4.21. The standard InChI is InChI=1S/C15H13F3N2O2.C4H11N/c1-10(20-14(21)11-5-7-19-8-6-11)12-3-2-4-13(9-12)22-15(16,17)18;1-3-4(2)5/h2-10H,1H3,(H,20,21);4H,3,5H2,1-2H3. The molecule has 0 saturated heterocycles. The predicted molar refractivity (Wildman–Crippen MR) is 97.2 cm³/mol. The molecule has 27 heavy (non-hydrogen) atoms. The first-order valence-corrected chi connectivity index (χ1v) is 8.44. The average molecular weight is 383 g/mol. The summed E-state index contributed by atoms with van der Waals surface area (Å²) >= 11 is 0. The van der Waals surface area contributed by atoms with Crippen LogP contribution in [0.1, 0.15) is 49.2 Å². The Balaban J connectivity index is 0.000000646. The minimum absolute atomic E-state index is 0.324. The molecule has 0 fully saturated rings. The normalized spacial score (nSPS) is 13.0. The van der Waals surface area contributed by atoms with Gasteiger partial charge in [0, 0.05) is 24.0 Å². The number of rotatable bonds is 5. The maximum Gasteiger partial charge on any atom is 0.573 e. The Hall–Kier alpha value is -2.61. The van der Waals surface area contributed by atoms with E-state index >= 15 is 0 Å². The number of halogens is 3. The first kappa shape index (κ1) is 22.4. The van der Waals surface area contributed by atoms with Crippen LogP contribution in [0.5, 0.6) is 5.75 Å². The summed E-state index contributed by atoms with van der Waals surface area (Å²) in [6.07, 6.45) is -0.698. The molecule has 1 amide bonds. The van der Waals surface area contributed by atoms with Gasteiger partial charge in [0.1, 0.15) is 5.75 Å². The first-order chi connectivity index (χ1) is 12.6. The number of hydrogen-bond acceptors (Lipinski definition) is 4. The monoisotopic (exact) mass is 383 g/mol. The molecular weight excluding hydrogens is 359 g/mol. The van der Waals surface area contributed by atoms with E-state index in [4.69, 9.17) is 5.73 Å². The van der Waals surface area contributed by atoms with Gasteiger partial charge < -0.3 is 15.8 Å². The van der Waals surface area contributed by atoms with Crippen LogP contribution in [-0.4, -0.2) is 23.3 Å². The smallest absolute Gasteiger partial charge is 0.406 e. The molecule has 0 aliphatic heterocycles. The fraction of sp³-hybridized carbons (Fsp3) is 0.368. The fourth-order valence-electron chi connectivity index (χ4n) is 1.85. The average Bonchev–Trinajstić information content (AvgIpc) is 2.61. The van der Waals surface area contributed by atoms with Crippen LogP contribution in [0.15, 0.2) is 48.8 Å². The molecule has 148 valence electrons. The first-order valence-electron chi connectivity index (χ1n) is 8.44. The van der Waals surface area contributed by atoms with E-state index in [0.717, 1.165) is 6.42 Å². The number of ether oxygens (including phenoxy) is 1. The summed E-state index contributed by atoms with van der Waals surface area (Å²) in [5.74, 6) is -0.660. The van der Waals surface area contributed by atoms with Crippen LogP contribution >= 0.6 is 0 Å². The van der Waals surface area contributed by atoms with Crippen molar-refractivity contribution in [2.24, 2.45) is 5.73 Å². The van der Waals surface area contributed by atoms with E-state index in [9.17, 15) is 18.0 Å². The van der Waals surface area contributed by atoms with Gasteiger partial charge >= 0.3 is 6.36 Å². The Bertz CT molecular complexity index is 707. The van der Waals surface area contributed by atoms with E-state index in [-0.39, 0.29) is 11.7 Å². The summed E-state index contributed by atoms with van der Waals surface area (Å²) in [4.78, 5) is 15.8. The number of benzene rings is 1. The molecule has 2 aromatic rings. The number of aromatic nitrogens is 1. The Morgan fingerprint density at radius 1 is 1.22 bits per heavy atom. The highest BCUT2D eigenvalue weighted by atomic mass is 19.4. The summed E-state index contributed by atoms with van der Waals surface area (Å²) < 4.78 is 40.5. The highest BCUT2D eigenvalue weighted by molar-refractivity contribution is 5.94. The van der Waals surface area contributed by atoms with Crippen molar-refractivity contribution in [3.05, 3.63) is 59.9 Å². The molecule has 0 spiro atoms. The maximum atomic E-state index is 12.2. The number of nitrogens with one attached hydrogen (secondary N) is 1. The largest absolute Gasteiger partial charge is 0.573 e. The van der Waals surface area contributed by atoms with Gasteiger partial charge in [0.05, 0.1) is 6.04 Å². The van der Waals surface area contributed by atoms with E-state index in [1.54, 1.807) is 25.1 Å². The van der Waals surface area contributed by atoms with Crippen molar-refractivity contribution in [2.75, 3.05) is 0 Å². The van der Waals surface area contributed by atoms with E-state index in [1.807, 2.05) is 6.92 Å². The minimum Gasteiger partial charge on any atom is -0.406 e. The van der Waals surface area contributed by atoms with Crippen molar-refractivity contribution >= 4 is 5.91 Å². The van der Waals surface area contributed by atoms with E-state index in [0.29, 0.717) is 17.2 Å². The van der Waals surface area contributed by atoms with Gasteiger partial charge in [-0.15, -0.1) is 13.2 Å². The van der Waals surface area contributed by atoms with Gasteiger partial charge in [0.2, 0.25) is 0 Å². The van der Waals surface area contributed by atoms with Crippen molar-refractivity contribution in [1.29, 1.82) is 0 Å². The van der Waals surface area contributed by atoms with E-state index in [1.165, 1.54) is 30.6 Å². The molecule has 0 aliphatic rings. The summed E-state index contributed by atoms with van der Waals surface area (Å²) in [7, 11) is 0. The van der Waals surface area contributed by atoms with Crippen LogP contribution in [0.25, 0.3) is 0 Å². The molecule has 2 atom stereocenters. The lowest BCUT2D eigenvalue weighted by Crippen LogP contribution is -2.26. The van der Waals surface area contributed by atoms with Crippen molar-refractivity contribution in [2.45, 2.75) is 45.6 Å². The highest BCUT2D eigenvalue weighted by Gasteiger charge is 2.31. The second-order valence-electron chi connectivity index (χ2n) is 5.94. The van der Waals surface area contributed by atoms with Crippen molar-refractivity contribution in [1.82, 2.24) is 10.3 Å². The zero-order valence-electron chi connectivity index (χ0n) is 15.5. The third-order valence-electron chi connectivity index (χ3n) is 3.53. The quantitative estimate of drug-likeness (QED) is 0.811. The third kappa shape index (κ3) is 9.05. The van der Waals surface area contributed by atoms with Gasteiger partial charge in [-0.05, 0) is 50.1 Å². The zero-order chi connectivity index (χ0) is 20.4. The summed E-state index contributed by atoms with van der Waals surface area (Å²) in [5.41, 5.74) is 6.22. The van der Waals surface area contributed by atoms with Gasteiger partial charge in [-0.1, -0.05) is 19.1 Å². The number of nitrogens with zero attached hydrogens (tertiary/aromatic N) is 1. The van der Waals surface area contributed by atoms with E-state index in [2.05, 4.69) is 22.0 Å². The lowest BCUT2D eigenvalue weighted by molar-refractivity contribution is -0.274. The van der Waals surface area contributed by atoms with Crippen LogP contribution in [0.3, 0.4) is 0 Å². The topological polar surface area (TPSA) is 77.2 Å². The van der Waals surface area contributed by atoms with Crippen molar-refractivity contribution in [3.8, 4) is 5.75 Å². The van der Waals surface area contributed by atoms with Crippen LogP contribution in [0.4, 0.5) is 13.2 Å². The van der Waals surface area contributed by atoms with Crippen molar-refractivity contribution in [3.63, 3.8) is 0 Å². The van der Waals surface area contributed by atoms with Gasteiger partial charge in [0.15, 0.2) is 0 Å². The van der Waals surface area contributed by atoms with Crippen LogP contribution < -0.4 is 15.8 Å². The second-order valence-corrected chi connectivity index (χ2v) is 5.94. The lowest BCUT2D eigenvalue weighted by Gasteiger charge is -2.16. The fourth-order valence-corrected chi connectivity index (χ4v) is 1.85. The molecule has 2 unspecified atom stereocenters. The number of alkyl halides is 3. The highest BCUT2D eigenvalue weighted by Crippen LogP contribution is 2.25. The van der Waals surface area contributed by atoms with Gasteiger partial charge in [-0.2, -0.15) is 0 Å². The Morgan fingerprint density at radius 3 is 2.33 bits per heavy atom. The van der Waals surface area contributed by atoms with Crippen LogP contribution in [0, 0.1) is 0 Å². The van der Waals surface area contributed by atoms with Crippen LogP contribution in [-0.2, 0) is 0 Å². The van der Waals surface area contributed by atoms with Gasteiger partial charge in [-0.25, -0.2) is 0 Å². The van der Waals surface area contributed by atoms with Crippen molar-refractivity contribution < 1.29 is 22.7 Å². The molecule has 0 saturated carbocycles. The molecule has 3 N–H and O–H groups in total. The number of carbonyl (C=O) groups excluding carboxylic acids is 1. The molecule has 8 heteroatoms. The molecule has 0 bridgehead atoms. The van der Waals surface area contributed by atoms with Crippen LogP contribution in [0.2, 0.25) is 0 Å². The molecule has 5 nitrogen and oxygen atoms in total. The number of nitrogens with two attached hydrogens (primary N) is 1. The minimum atomic E-state index is -4.75. The molecule has 1 heterocycles. The molecule has 0 radical (unpaired) electrons. The Morgan fingerprint density at radius 2 is 1.81 bits per heavy atom. The molecular formula is C19H24F3N3O2. The summed E-state index contributed by atoms with van der Waals surface area (Å²) in [5, 5.41) is 2.70. The lowest BCUT2D eigenvalue weighted by atomic mass is 10.1. The number of carbonyl (C=O) groups is 1. The summed E-state index contributed by atoms with van der Waals surface area (Å²) in [6, 6.07) is 8.50. The maximum absolute atomic E-state index is 12.2. The van der Waals surface area contributed by atoms with E-state index < -0.39 is 12.4 Å². The number of hydrogen-bond donors (Lipinski definition) is 2. The molecule has 2 rings (SSSR count). The van der Waals surface area contributed by atoms with Gasteiger partial charge in [0.25, 0.3) is 5.91 Å². The molecule has 0 aliphatic carbocycles. The molecule has 1 aromatic carbocycles.